The van der Waals surface area contributed by atoms with Gasteiger partial charge in [0.1, 0.15) is 6.07 Å². The number of rotatable bonds is 0. The van der Waals surface area contributed by atoms with Crippen LogP contribution in [0.1, 0.15) is 5.69 Å². The van der Waals surface area contributed by atoms with E-state index in [0.29, 0.717) is 10.7 Å². The summed E-state index contributed by atoms with van der Waals surface area (Å²) in [5, 5.41) is 11.6. The van der Waals surface area contributed by atoms with Crippen LogP contribution in [0.2, 0.25) is 5.02 Å². The van der Waals surface area contributed by atoms with Crippen molar-refractivity contribution in [3.63, 3.8) is 0 Å². The Morgan fingerprint density at radius 3 is 2.94 bits per heavy atom. The van der Waals surface area contributed by atoms with Crippen molar-refractivity contribution in [3.05, 3.63) is 41.2 Å². The molecule has 2 aromatic heterocycles. The summed E-state index contributed by atoms with van der Waals surface area (Å²) in [7, 11) is 0. The highest BCUT2D eigenvalue weighted by atomic mass is 35.5. The zero-order valence-electron chi connectivity index (χ0n) is 8.16. The Hall–Kier alpha value is -2.05. The fourth-order valence-corrected chi connectivity index (χ4v) is 2.05. The van der Waals surface area contributed by atoms with Crippen molar-refractivity contribution in [2.24, 2.45) is 0 Å². The number of hydrogen-bond acceptors (Lipinski definition) is 2. The van der Waals surface area contributed by atoms with Crippen LogP contribution in [-0.4, -0.2) is 9.97 Å². The Labute approximate surface area is 96.3 Å². The molecule has 0 amide bonds. The van der Waals surface area contributed by atoms with Crippen molar-refractivity contribution in [2.75, 3.05) is 0 Å². The fourth-order valence-electron chi connectivity index (χ4n) is 1.88. The molecule has 3 aromatic rings. The Morgan fingerprint density at radius 1 is 1.25 bits per heavy atom. The molecule has 1 aromatic carbocycles. The molecule has 0 aliphatic carbocycles. The average Bonchev–Trinajstić information content (AvgIpc) is 2.67. The minimum absolute atomic E-state index is 0.407. The lowest BCUT2D eigenvalue weighted by molar-refractivity contribution is 1.28. The standard InChI is InChI=1S/C12H6ClN3/c13-7-1-2-10-9(5-7)8-3-4-15-11(6-14)12(8)16-10/h1-5,16H. The fraction of sp³-hybridized carbons (Fsp3) is 0. The lowest BCUT2D eigenvalue weighted by atomic mass is 10.2. The molecule has 0 saturated carbocycles. The number of nitrogens with one attached hydrogen (secondary N) is 1. The molecule has 4 heteroatoms. The van der Waals surface area contributed by atoms with Crippen LogP contribution in [0.25, 0.3) is 21.8 Å². The zero-order valence-corrected chi connectivity index (χ0v) is 8.92. The lowest BCUT2D eigenvalue weighted by Gasteiger charge is -1.92. The zero-order chi connectivity index (χ0) is 11.1. The molecule has 0 saturated heterocycles. The van der Waals surface area contributed by atoms with Gasteiger partial charge in [0.25, 0.3) is 0 Å². The number of aromatic nitrogens is 2. The first-order valence-electron chi connectivity index (χ1n) is 4.75. The summed E-state index contributed by atoms with van der Waals surface area (Å²) >= 11 is 5.96. The maximum Gasteiger partial charge on any atom is 0.164 e. The normalized spacial score (nSPS) is 10.8. The molecule has 0 atom stereocenters. The van der Waals surface area contributed by atoms with Gasteiger partial charge < -0.3 is 4.98 Å². The first-order chi connectivity index (χ1) is 7.79. The van der Waals surface area contributed by atoms with Crippen molar-refractivity contribution in [2.45, 2.75) is 0 Å². The number of aromatic amines is 1. The first-order valence-corrected chi connectivity index (χ1v) is 5.13. The molecule has 0 aliphatic rings. The number of halogens is 1. The van der Waals surface area contributed by atoms with E-state index >= 15 is 0 Å². The van der Waals surface area contributed by atoms with Gasteiger partial charge in [-0.3, -0.25) is 0 Å². The summed E-state index contributed by atoms with van der Waals surface area (Å²) in [4.78, 5) is 7.20. The average molecular weight is 228 g/mol. The molecule has 0 unspecified atom stereocenters. The van der Waals surface area contributed by atoms with Crippen LogP contribution >= 0.6 is 11.6 Å². The molecule has 2 heterocycles. The van der Waals surface area contributed by atoms with E-state index in [-0.39, 0.29) is 0 Å². The van der Waals surface area contributed by atoms with Crippen molar-refractivity contribution in [1.82, 2.24) is 9.97 Å². The van der Waals surface area contributed by atoms with E-state index in [4.69, 9.17) is 16.9 Å². The summed E-state index contributed by atoms with van der Waals surface area (Å²) in [6, 6.07) is 9.56. The Morgan fingerprint density at radius 2 is 2.12 bits per heavy atom. The Balaban J connectivity index is 2.57. The number of H-pyrrole nitrogens is 1. The molecular formula is C12H6ClN3. The summed E-state index contributed by atoms with van der Waals surface area (Å²) in [5.41, 5.74) is 2.14. The van der Waals surface area contributed by atoms with Gasteiger partial charge in [-0.25, -0.2) is 4.98 Å². The number of pyridine rings is 1. The maximum absolute atomic E-state index is 8.96. The van der Waals surface area contributed by atoms with Crippen LogP contribution in [0.4, 0.5) is 0 Å². The van der Waals surface area contributed by atoms with Gasteiger partial charge in [0, 0.05) is 27.5 Å². The van der Waals surface area contributed by atoms with Crippen LogP contribution in [0.3, 0.4) is 0 Å². The molecule has 0 aliphatic heterocycles. The summed E-state index contributed by atoms with van der Waals surface area (Å²) in [5.74, 6) is 0. The van der Waals surface area contributed by atoms with Gasteiger partial charge in [0.2, 0.25) is 0 Å². The van der Waals surface area contributed by atoms with Crippen molar-refractivity contribution < 1.29 is 0 Å². The number of benzene rings is 1. The Kier molecular flexibility index (Phi) is 1.85. The van der Waals surface area contributed by atoms with E-state index in [1.165, 1.54) is 0 Å². The second kappa shape index (κ2) is 3.22. The second-order valence-corrected chi connectivity index (χ2v) is 3.95. The highest BCUT2D eigenvalue weighted by Gasteiger charge is 2.08. The number of nitrogens with zero attached hydrogens (tertiary/aromatic N) is 2. The topological polar surface area (TPSA) is 52.5 Å². The van der Waals surface area contributed by atoms with Gasteiger partial charge in [-0.05, 0) is 24.3 Å². The number of nitriles is 1. The monoisotopic (exact) mass is 227 g/mol. The van der Waals surface area contributed by atoms with Gasteiger partial charge in [-0.2, -0.15) is 5.26 Å². The molecule has 3 nitrogen and oxygen atoms in total. The van der Waals surface area contributed by atoms with E-state index in [1.807, 2.05) is 24.3 Å². The molecule has 16 heavy (non-hydrogen) atoms. The highest BCUT2D eigenvalue weighted by molar-refractivity contribution is 6.31. The van der Waals surface area contributed by atoms with Crippen LogP contribution in [-0.2, 0) is 0 Å². The molecule has 0 fully saturated rings. The number of fused-ring (bicyclic) bond motifs is 3. The molecule has 3 rings (SSSR count). The second-order valence-electron chi connectivity index (χ2n) is 3.51. The molecule has 0 spiro atoms. The third kappa shape index (κ3) is 1.17. The van der Waals surface area contributed by atoms with E-state index in [2.05, 4.69) is 16.0 Å². The molecular weight excluding hydrogens is 222 g/mol. The SMILES string of the molecule is N#Cc1nccc2c1[nH]c1ccc(Cl)cc12. The third-order valence-electron chi connectivity index (χ3n) is 2.59. The minimum Gasteiger partial charge on any atom is -0.352 e. The van der Waals surface area contributed by atoms with Crippen LogP contribution in [0, 0.1) is 11.3 Å². The molecule has 1 N–H and O–H groups in total. The van der Waals surface area contributed by atoms with Crippen LogP contribution < -0.4 is 0 Å². The first kappa shape index (κ1) is 9.20. The molecule has 0 radical (unpaired) electrons. The predicted molar refractivity (Wildman–Crippen MR) is 63.3 cm³/mol. The smallest absolute Gasteiger partial charge is 0.164 e. The van der Waals surface area contributed by atoms with Crippen LogP contribution in [0.5, 0.6) is 0 Å². The van der Waals surface area contributed by atoms with Gasteiger partial charge in [-0.1, -0.05) is 11.6 Å². The number of hydrogen-bond donors (Lipinski definition) is 1. The van der Waals surface area contributed by atoms with Gasteiger partial charge >= 0.3 is 0 Å². The third-order valence-corrected chi connectivity index (χ3v) is 2.82. The largest absolute Gasteiger partial charge is 0.352 e. The van der Waals surface area contributed by atoms with Crippen molar-refractivity contribution in [1.29, 1.82) is 5.26 Å². The lowest BCUT2D eigenvalue weighted by Crippen LogP contribution is -1.82. The summed E-state index contributed by atoms with van der Waals surface area (Å²) in [6.07, 6.45) is 1.63. The van der Waals surface area contributed by atoms with E-state index in [1.54, 1.807) is 6.20 Å². The molecule has 0 bridgehead atoms. The summed E-state index contributed by atoms with van der Waals surface area (Å²) in [6.45, 7) is 0. The minimum atomic E-state index is 0.407. The van der Waals surface area contributed by atoms with Gasteiger partial charge in [-0.15, -0.1) is 0 Å². The van der Waals surface area contributed by atoms with E-state index < -0.39 is 0 Å². The van der Waals surface area contributed by atoms with Gasteiger partial charge in [0.05, 0.1) is 5.52 Å². The predicted octanol–water partition coefficient (Wildman–Crippen LogP) is 3.24. The highest BCUT2D eigenvalue weighted by Crippen LogP contribution is 2.28. The van der Waals surface area contributed by atoms with Crippen LogP contribution in [0.15, 0.2) is 30.5 Å². The quantitative estimate of drug-likeness (QED) is 0.641. The Bertz CT molecular complexity index is 737. The van der Waals surface area contributed by atoms with Crippen molar-refractivity contribution in [3.8, 4) is 6.07 Å². The van der Waals surface area contributed by atoms with Crippen molar-refractivity contribution >= 4 is 33.4 Å². The van der Waals surface area contributed by atoms with E-state index in [0.717, 1.165) is 21.8 Å². The van der Waals surface area contributed by atoms with E-state index in [9.17, 15) is 0 Å². The van der Waals surface area contributed by atoms with Gasteiger partial charge in [0.15, 0.2) is 5.69 Å². The molecule has 76 valence electrons. The maximum atomic E-state index is 8.96. The summed E-state index contributed by atoms with van der Waals surface area (Å²) < 4.78 is 0.